The van der Waals surface area contributed by atoms with Gasteiger partial charge < -0.3 is 37.0 Å². The summed E-state index contributed by atoms with van der Waals surface area (Å²) in [7, 11) is 0. The topological polar surface area (TPSA) is 195 Å². The Balaban J connectivity index is 1.99. The van der Waals surface area contributed by atoms with Gasteiger partial charge in [0.2, 0.25) is 35.4 Å². The van der Waals surface area contributed by atoms with Crippen molar-refractivity contribution in [2.45, 2.75) is 71.1 Å². The number of rotatable bonds is 7. The van der Waals surface area contributed by atoms with E-state index in [9.17, 15) is 33.9 Å². The first-order valence-electron chi connectivity index (χ1n) is 15.4. The van der Waals surface area contributed by atoms with E-state index in [2.05, 4.69) is 31.9 Å². The van der Waals surface area contributed by atoms with E-state index in [0.29, 0.717) is 12.0 Å². The number of aromatic hydroxyl groups is 1. The van der Waals surface area contributed by atoms with Crippen LogP contribution in [0.1, 0.15) is 45.2 Å². The first kappa shape index (κ1) is 35.5. The largest absolute Gasteiger partial charge is 0.508 e. The van der Waals surface area contributed by atoms with Gasteiger partial charge in [0.25, 0.3) is 0 Å². The first-order valence-corrected chi connectivity index (χ1v) is 15.4. The van der Waals surface area contributed by atoms with Gasteiger partial charge in [0.15, 0.2) is 0 Å². The van der Waals surface area contributed by atoms with Crippen LogP contribution in [0.5, 0.6) is 5.75 Å². The standard InChI is InChI=1S/C33H44N6O7/c1-5-20(4)29-33(46)35-18-27(42)38-28(19(2)3)32(45)34-17-26(41)36-24(15-21-9-7-6-8-10-21)30(43)37-25(31(44)39-29)16-22-11-13-23(40)14-12-22/h6-14,19-20,24-25,28-29,40H,5,15-18H2,1-4H3,(H,34,45)(H,35,46)(H,36,41)(H,37,43)(H,38,42)(H,39,44)/t20-,24-,25-,28-,29-/m0/s1. The molecule has 7 N–H and O–H groups in total. The molecule has 1 fully saturated rings. The van der Waals surface area contributed by atoms with Crippen molar-refractivity contribution in [3.8, 4) is 5.75 Å². The number of carbonyl (C=O) groups excluding carboxylic acids is 6. The predicted octanol–water partition coefficient (Wildman–Crippen LogP) is 0.0647. The molecular weight excluding hydrogens is 592 g/mol. The second-order valence-electron chi connectivity index (χ2n) is 11.8. The van der Waals surface area contributed by atoms with Crippen molar-refractivity contribution < 1.29 is 33.9 Å². The lowest BCUT2D eigenvalue weighted by Crippen LogP contribution is -2.60. The molecule has 1 aliphatic rings. The Kier molecular flexibility index (Phi) is 13.1. The van der Waals surface area contributed by atoms with Crippen LogP contribution in [0.4, 0.5) is 0 Å². The molecule has 1 saturated heterocycles. The number of hydrogen-bond acceptors (Lipinski definition) is 7. The van der Waals surface area contributed by atoms with Crippen LogP contribution in [0, 0.1) is 11.8 Å². The molecule has 1 aliphatic heterocycles. The highest BCUT2D eigenvalue weighted by atomic mass is 16.3. The van der Waals surface area contributed by atoms with Gasteiger partial charge in [-0.05, 0) is 35.1 Å². The van der Waals surface area contributed by atoms with Crippen LogP contribution in [-0.4, -0.2) is 77.8 Å². The Hall–Kier alpha value is -4.94. The molecule has 5 atom stereocenters. The smallest absolute Gasteiger partial charge is 0.243 e. The van der Waals surface area contributed by atoms with E-state index in [1.807, 2.05) is 13.0 Å². The van der Waals surface area contributed by atoms with Crippen LogP contribution < -0.4 is 31.9 Å². The van der Waals surface area contributed by atoms with Gasteiger partial charge in [-0.25, -0.2) is 0 Å². The number of phenolic OH excluding ortho intramolecular Hbond substituents is 1. The Bertz CT molecular complexity index is 1380. The Morgan fingerprint density at radius 1 is 0.630 bits per heavy atom. The lowest BCUT2D eigenvalue weighted by molar-refractivity contribution is -0.135. The van der Waals surface area contributed by atoms with Crippen molar-refractivity contribution in [1.82, 2.24) is 31.9 Å². The molecular formula is C33H44N6O7. The molecule has 0 saturated carbocycles. The summed E-state index contributed by atoms with van der Waals surface area (Å²) < 4.78 is 0. The SMILES string of the molecule is CC[C@H](C)[C@@H]1NC(=O)[C@H](Cc2ccc(O)cc2)NC(=O)[C@H](Cc2ccccc2)NC(=O)CNC(=O)[C@H](C(C)C)NC(=O)CNC1=O. The van der Waals surface area contributed by atoms with Gasteiger partial charge in [0.05, 0.1) is 13.1 Å². The Labute approximate surface area is 268 Å². The number of hydrogen-bond donors (Lipinski definition) is 7. The maximum atomic E-state index is 13.8. The molecule has 13 heteroatoms. The van der Waals surface area contributed by atoms with Gasteiger partial charge in [0.1, 0.15) is 29.9 Å². The highest BCUT2D eigenvalue weighted by Crippen LogP contribution is 2.14. The zero-order valence-corrected chi connectivity index (χ0v) is 26.6. The van der Waals surface area contributed by atoms with Crippen molar-refractivity contribution >= 4 is 35.4 Å². The monoisotopic (exact) mass is 636 g/mol. The van der Waals surface area contributed by atoms with Crippen molar-refractivity contribution in [3.63, 3.8) is 0 Å². The molecule has 1 heterocycles. The summed E-state index contributed by atoms with van der Waals surface area (Å²) in [6.07, 6.45) is 0.608. The third-order valence-corrected chi connectivity index (χ3v) is 7.85. The zero-order chi connectivity index (χ0) is 33.8. The van der Waals surface area contributed by atoms with Crippen molar-refractivity contribution in [1.29, 1.82) is 0 Å². The van der Waals surface area contributed by atoms with E-state index in [4.69, 9.17) is 0 Å². The predicted molar refractivity (Wildman–Crippen MR) is 170 cm³/mol. The van der Waals surface area contributed by atoms with Crippen LogP contribution in [0.25, 0.3) is 0 Å². The second-order valence-corrected chi connectivity index (χ2v) is 11.8. The summed E-state index contributed by atoms with van der Waals surface area (Å²) in [5.41, 5.74) is 1.36. The minimum absolute atomic E-state index is 0.00769. The van der Waals surface area contributed by atoms with Gasteiger partial charge in [-0.3, -0.25) is 28.8 Å². The highest BCUT2D eigenvalue weighted by molar-refractivity contribution is 5.97. The molecule has 0 spiro atoms. The minimum atomic E-state index is -1.18. The number of nitrogens with one attached hydrogen (secondary N) is 6. The fraction of sp³-hybridized carbons (Fsp3) is 0.455. The molecule has 2 aromatic rings. The molecule has 0 bridgehead atoms. The molecule has 46 heavy (non-hydrogen) atoms. The first-order chi connectivity index (χ1) is 21.9. The van der Waals surface area contributed by atoms with Gasteiger partial charge >= 0.3 is 0 Å². The molecule has 0 aliphatic carbocycles. The number of carbonyl (C=O) groups is 6. The van der Waals surface area contributed by atoms with Crippen molar-refractivity contribution in [3.05, 3.63) is 65.7 Å². The molecule has 248 valence electrons. The summed E-state index contributed by atoms with van der Waals surface area (Å²) in [4.78, 5) is 79.6. The minimum Gasteiger partial charge on any atom is -0.508 e. The van der Waals surface area contributed by atoms with Crippen LogP contribution in [0.3, 0.4) is 0 Å². The summed E-state index contributed by atoms with van der Waals surface area (Å²) >= 11 is 0. The van der Waals surface area contributed by atoms with Crippen LogP contribution in [0.15, 0.2) is 54.6 Å². The van der Waals surface area contributed by atoms with Crippen LogP contribution in [0.2, 0.25) is 0 Å². The van der Waals surface area contributed by atoms with Gasteiger partial charge in [-0.1, -0.05) is 76.6 Å². The molecule has 2 aromatic carbocycles. The number of benzene rings is 2. The fourth-order valence-corrected chi connectivity index (χ4v) is 4.92. The third-order valence-electron chi connectivity index (χ3n) is 7.85. The fourth-order valence-electron chi connectivity index (χ4n) is 4.92. The maximum Gasteiger partial charge on any atom is 0.243 e. The highest BCUT2D eigenvalue weighted by Gasteiger charge is 2.33. The number of phenols is 1. The van der Waals surface area contributed by atoms with Crippen LogP contribution in [-0.2, 0) is 41.6 Å². The summed E-state index contributed by atoms with van der Waals surface area (Å²) in [6.45, 7) is 6.14. The normalized spacial score (nSPS) is 23.1. The zero-order valence-electron chi connectivity index (χ0n) is 26.6. The van der Waals surface area contributed by atoms with Crippen molar-refractivity contribution in [2.24, 2.45) is 11.8 Å². The molecule has 13 nitrogen and oxygen atoms in total. The Morgan fingerprint density at radius 3 is 1.70 bits per heavy atom. The van der Waals surface area contributed by atoms with Crippen molar-refractivity contribution in [2.75, 3.05) is 13.1 Å². The van der Waals surface area contributed by atoms with Gasteiger partial charge in [-0.2, -0.15) is 0 Å². The molecule has 0 radical (unpaired) electrons. The van der Waals surface area contributed by atoms with E-state index in [0.717, 1.165) is 5.56 Å². The quantitative estimate of drug-likeness (QED) is 0.223. The molecule has 0 aromatic heterocycles. The second kappa shape index (κ2) is 16.9. The molecule has 3 rings (SSSR count). The average Bonchev–Trinajstić information content (AvgIpc) is 3.03. The Morgan fingerprint density at radius 2 is 1.13 bits per heavy atom. The van der Waals surface area contributed by atoms with E-state index >= 15 is 0 Å². The van der Waals surface area contributed by atoms with E-state index in [1.54, 1.807) is 57.2 Å². The summed E-state index contributed by atoms with van der Waals surface area (Å²) in [5, 5.41) is 25.5. The molecule has 6 amide bonds. The number of amides is 6. The van der Waals surface area contributed by atoms with Gasteiger partial charge in [0, 0.05) is 12.8 Å². The summed E-state index contributed by atoms with van der Waals surface area (Å²) in [6, 6.07) is 10.7. The maximum absolute atomic E-state index is 13.8. The molecule has 0 unspecified atom stereocenters. The van der Waals surface area contributed by atoms with E-state index in [1.165, 1.54) is 12.1 Å². The van der Waals surface area contributed by atoms with Crippen LogP contribution >= 0.6 is 0 Å². The van der Waals surface area contributed by atoms with Gasteiger partial charge in [-0.15, -0.1) is 0 Å². The lowest BCUT2D eigenvalue weighted by Gasteiger charge is -2.28. The third kappa shape index (κ3) is 10.6. The lowest BCUT2D eigenvalue weighted by atomic mass is 9.97. The van der Waals surface area contributed by atoms with E-state index < -0.39 is 72.7 Å². The average molecular weight is 637 g/mol. The van der Waals surface area contributed by atoms with E-state index in [-0.39, 0.29) is 30.4 Å². The summed E-state index contributed by atoms with van der Waals surface area (Å²) in [5.74, 6) is -4.45.